The molecular weight excluding hydrogens is 320 g/mol. The third kappa shape index (κ3) is 5.60. The minimum Gasteiger partial charge on any atom is -0.382 e. The molecule has 9 heteroatoms. The maximum absolute atomic E-state index is 12.0. The van der Waals surface area contributed by atoms with Gasteiger partial charge in [-0.2, -0.15) is 0 Å². The van der Waals surface area contributed by atoms with Crippen molar-refractivity contribution >= 4 is 27.5 Å². The summed E-state index contributed by atoms with van der Waals surface area (Å²) >= 11 is 5.80. The van der Waals surface area contributed by atoms with Gasteiger partial charge < -0.3 is 14.8 Å². The Labute approximate surface area is 128 Å². The Kier molecular flexibility index (Phi) is 6.56. The highest BCUT2D eigenvalue weighted by Crippen LogP contribution is 2.18. The molecule has 0 bridgehead atoms. The van der Waals surface area contributed by atoms with Gasteiger partial charge in [-0.25, -0.2) is 13.6 Å². The molecule has 1 rings (SSSR count). The SMILES string of the molecule is COCC(CNC(=O)c1cc(Cl)cc(S(N)(=O)=O)c1)OC. The molecule has 118 valence electrons. The predicted molar refractivity (Wildman–Crippen MR) is 77.8 cm³/mol. The van der Waals surface area contributed by atoms with Crippen LogP contribution in [0.5, 0.6) is 0 Å². The Morgan fingerprint density at radius 3 is 2.57 bits per heavy atom. The summed E-state index contributed by atoms with van der Waals surface area (Å²) in [5, 5.41) is 7.73. The van der Waals surface area contributed by atoms with Crippen molar-refractivity contribution in [2.45, 2.75) is 11.0 Å². The molecule has 0 heterocycles. The molecule has 3 N–H and O–H groups in total. The van der Waals surface area contributed by atoms with Gasteiger partial charge in [0.1, 0.15) is 0 Å². The summed E-state index contributed by atoms with van der Waals surface area (Å²) in [6.07, 6.45) is -0.309. The lowest BCUT2D eigenvalue weighted by molar-refractivity contribution is 0.0285. The fourth-order valence-electron chi connectivity index (χ4n) is 1.56. The Morgan fingerprint density at radius 2 is 2.05 bits per heavy atom. The van der Waals surface area contributed by atoms with Crippen LogP contribution < -0.4 is 10.5 Å². The molecule has 0 aliphatic carbocycles. The van der Waals surface area contributed by atoms with Crippen molar-refractivity contribution in [3.8, 4) is 0 Å². The molecule has 0 aliphatic rings. The van der Waals surface area contributed by atoms with Gasteiger partial charge in [-0.15, -0.1) is 0 Å². The van der Waals surface area contributed by atoms with Crippen molar-refractivity contribution in [3.63, 3.8) is 0 Å². The molecule has 1 aromatic carbocycles. The summed E-state index contributed by atoms with van der Waals surface area (Å²) < 4.78 is 32.6. The quantitative estimate of drug-likeness (QED) is 0.748. The summed E-state index contributed by atoms with van der Waals surface area (Å²) in [6.45, 7) is 0.523. The molecule has 0 spiro atoms. The zero-order valence-corrected chi connectivity index (χ0v) is 13.2. The molecule has 21 heavy (non-hydrogen) atoms. The van der Waals surface area contributed by atoms with Crippen LogP contribution in [0.4, 0.5) is 0 Å². The second-order valence-electron chi connectivity index (χ2n) is 4.24. The number of nitrogens with one attached hydrogen (secondary N) is 1. The van der Waals surface area contributed by atoms with Crippen LogP contribution >= 0.6 is 11.6 Å². The number of benzene rings is 1. The van der Waals surface area contributed by atoms with Crippen molar-refractivity contribution in [2.75, 3.05) is 27.4 Å². The fraction of sp³-hybridized carbons (Fsp3) is 0.417. The van der Waals surface area contributed by atoms with E-state index in [9.17, 15) is 13.2 Å². The van der Waals surface area contributed by atoms with Gasteiger partial charge in [-0.3, -0.25) is 4.79 Å². The molecule has 1 amide bonds. The second-order valence-corrected chi connectivity index (χ2v) is 6.24. The van der Waals surface area contributed by atoms with E-state index >= 15 is 0 Å². The zero-order valence-electron chi connectivity index (χ0n) is 11.6. The Balaban J connectivity index is 2.86. The van der Waals surface area contributed by atoms with Crippen molar-refractivity contribution in [1.29, 1.82) is 0 Å². The second kappa shape index (κ2) is 7.71. The molecule has 7 nitrogen and oxygen atoms in total. The first kappa shape index (κ1) is 17.9. The minimum atomic E-state index is -3.94. The average Bonchev–Trinajstić information content (AvgIpc) is 2.41. The first-order chi connectivity index (χ1) is 9.77. The van der Waals surface area contributed by atoms with E-state index in [1.54, 1.807) is 0 Å². The molecule has 0 saturated heterocycles. The molecule has 0 aromatic heterocycles. The first-order valence-corrected chi connectivity index (χ1v) is 7.83. The normalized spacial score (nSPS) is 13.0. The maximum Gasteiger partial charge on any atom is 0.251 e. The standard InChI is InChI=1S/C12H17ClN2O5S/c1-19-7-10(20-2)6-15-12(16)8-3-9(13)5-11(4-8)21(14,17)18/h3-5,10H,6-7H2,1-2H3,(H,15,16)(H2,14,17,18). The number of carbonyl (C=O) groups excluding carboxylic acids is 1. The van der Waals surface area contributed by atoms with Crippen molar-refractivity contribution in [3.05, 3.63) is 28.8 Å². The Hall–Kier alpha value is -1.19. The summed E-state index contributed by atoms with van der Waals surface area (Å²) in [7, 11) is -0.924. The van der Waals surface area contributed by atoms with Crippen molar-refractivity contribution < 1.29 is 22.7 Å². The van der Waals surface area contributed by atoms with E-state index in [1.165, 1.54) is 26.4 Å². The molecule has 1 aromatic rings. The highest BCUT2D eigenvalue weighted by Gasteiger charge is 2.15. The number of methoxy groups -OCH3 is 2. The summed E-state index contributed by atoms with van der Waals surface area (Å²) in [6, 6.07) is 3.69. The number of primary sulfonamides is 1. The van der Waals surface area contributed by atoms with Gasteiger partial charge in [0.2, 0.25) is 10.0 Å². The highest BCUT2D eigenvalue weighted by molar-refractivity contribution is 7.89. The van der Waals surface area contributed by atoms with E-state index in [2.05, 4.69) is 5.32 Å². The van der Waals surface area contributed by atoms with Gasteiger partial charge in [0, 0.05) is 31.4 Å². The van der Waals surface area contributed by atoms with Crippen molar-refractivity contribution in [2.24, 2.45) is 5.14 Å². The third-order valence-electron chi connectivity index (χ3n) is 2.64. The third-order valence-corrected chi connectivity index (χ3v) is 3.75. The number of sulfonamides is 1. The molecule has 1 unspecified atom stereocenters. The van der Waals surface area contributed by atoms with Crippen LogP contribution in [0.2, 0.25) is 5.02 Å². The number of ether oxygens (including phenoxy) is 2. The number of amides is 1. The maximum atomic E-state index is 12.0. The van der Waals surface area contributed by atoms with E-state index in [0.717, 1.165) is 6.07 Å². The largest absolute Gasteiger partial charge is 0.382 e. The van der Waals surface area contributed by atoms with E-state index in [4.69, 9.17) is 26.2 Å². The minimum absolute atomic E-state index is 0.0961. The highest BCUT2D eigenvalue weighted by atomic mass is 35.5. The number of hydrogen-bond acceptors (Lipinski definition) is 5. The van der Waals surface area contributed by atoms with E-state index in [-0.39, 0.29) is 28.1 Å². The van der Waals surface area contributed by atoms with E-state index in [0.29, 0.717) is 6.61 Å². The number of halogens is 1. The number of rotatable bonds is 7. The van der Waals surface area contributed by atoms with E-state index < -0.39 is 15.9 Å². The van der Waals surface area contributed by atoms with Crippen LogP contribution in [0.15, 0.2) is 23.1 Å². The van der Waals surface area contributed by atoms with Gasteiger partial charge in [0.15, 0.2) is 0 Å². The van der Waals surface area contributed by atoms with Gasteiger partial charge >= 0.3 is 0 Å². The molecule has 0 saturated carbocycles. The van der Waals surface area contributed by atoms with Crippen LogP contribution in [-0.4, -0.2) is 47.8 Å². The lowest BCUT2D eigenvalue weighted by atomic mass is 10.2. The van der Waals surface area contributed by atoms with Gasteiger partial charge in [0.05, 0.1) is 17.6 Å². The van der Waals surface area contributed by atoms with Gasteiger partial charge in [0.25, 0.3) is 5.91 Å². The topological polar surface area (TPSA) is 108 Å². The van der Waals surface area contributed by atoms with Crippen LogP contribution in [0.1, 0.15) is 10.4 Å². The van der Waals surface area contributed by atoms with Gasteiger partial charge in [-0.1, -0.05) is 11.6 Å². The smallest absolute Gasteiger partial charge is 0.251 e. The number of nitrogens with two attached hydrogens (primary N) is 1. The Morgan fingerprint density at radius 1 is 1.38 bits per heavy atom. The number of carbonyl (C=O) groups is 1. The first-order valence-electron chi connectivity index (χ1n) is 5.91. The average molecular weight is 337 g/mol. The molecular formula is C12H17ClN2O5S. The summed E-state index contributed by atoms with van der Waals surface area (Å²) in [4.78, 5) is 11.8. The number of hydrogen-bond donors (Lipinski definition) is 2. The van der Waals surface area contributed by atoms with Gasteiger partial charge in [-0.05, 0) is 18.2 Å². The molecule has 1 atom stereocenters. The zero-order chi connectivity index (χ0) is 16.0. The van der Waals surface area contributed by atoms with Crippen LogP contribution in [0.3, 0.4) is 0 Å². The predicted octanol–water partition coefficient (Wildman–Crippen LogP) is 0.379. The fourth-order valence-corrected chi connectivity index (χ4v) is 2.45. The van der Waals surface area contributed by atoms with Crippen molar-refractivity contribution in [1.82, 2.24) is 5.32 Å². The molecule has 0 fully saturated rings. The summed E-state index contributed by atoms with van der Waals surface area (Å²) in [5.74, 6) is -0.486. The lowest BCUT2D eigenvalue weighted by Gasteiger charge is -2.15. The van der Waals surface area contributed by atoms with E-state index in [1.807, 2.05) is 0 Å². The summed E-state index contributed by atoms with van der Waals surface area (Å²) in [5.41, 5.74) is 0.0961. The molecule has 0 radical (unpaired) electrons. The molecule has 0 aliphatic heterocycles. The lowest BCUT2D eigenvalue weighted by Crippen LogP contribution is -2.35. The van der Waals surface area contributed by atoms with Crippen LogP contribution in [-0.2, 0) is 19.5 Å². The van der Waals surface area contributed by atoms with Crippen LogP contribution in [0.25, 0.3) is 0 Å². The van der Waals surface area contributed by atoms with Crippen LogP contribution in [0, 0.1) is 0 Å². The monoisotopic (exact) mass is 336 g/mol. The Bertz CT molecular complexity index is 606.